The maximum Gasteiger partial charge on any atom is 0.119 e. The summed E-state index contributed by atoms with van der Waals surface area (Å²) in [5.74, 6) is 0.574. The van der Waals surface area contributed by atoms with Crippen molar-refractivity contribution in [3.05, 3.63) is 30.1 Å². The molecule has 0 atom stereocenters. The fraction of sp³-hybridized carbons (Fsp3) is 0.111. The van der Waals surface area contributed by atoms with Crippen molar-refractivity contribution >= 4 is 5.82 Å². The maximum atomic E-state index is 5.52. The molecule has 0 bridgehead atoms. The monoisotopic (exact) mass is 174 g/mol. The highest BCUT2D eigenvalue weighted by Gasteiger charge is 2.01. The first-order chi connectivity index (χ1) is 6.25. The second-order valence-corrected chi connectivity index (χ2v) is 2.89. The zero-order chi connectivity index (χ0) is 9.26. The molecule has 0 unspecified atom stereocenters. The molecule has 3 N–H and O–H groups in total. The van der Waals surface area contributed by atoms with Crippen molar-refractivity contribution < 1.29 is 0 Å². The van der Waals surface area contributed by atoms with Gasteiger partial charge in [0, 0.05) is 23.5 Å². The van der Waals surface area contributed by atoms with Crippen LogP contribution in [0.3, 0.4) is 0 Å². The van der Waals surface area contributed by atoms with E-state index >= 15 is 0 Å². The van der Waals surface area contributed by atoms with Gasteiger partial charge in [0.2, 0.25) is 0 Å². The average Bonchev–Trinajstić information content (AvgIpc) is 2.52. The number of aromatic nitrogens is 3. The van der Waals surface area contributed by atoms with Gasteiger partial charge in [-0.1, -0.05) is 0 Å². The molecule has 2 aromatic rings. The third kappa shape index (κ3) is 1.51. The predicted molar refractivity (Wildman–Crippen MR) is 51.0 cm³/mol. The highest BCUT2D eigenvalue weighted by atomic mass is 15.2. The van der Waals surface area contributed by atoms with E-state index in [-0.39, 0.29) is 0 Å². The molecule has 0 amide bonds. The molecule has 0 aliphatic carbocycles. The van der Waals surface area contributed by atoms with Crippen LogP contribution in [-0.4, -0.2) is 15.2 Å². The van der Waals surface area contributed by atoms with Gasteiger partial charge in [0.1, 0.15) is 5.82 Å². The Balaban J connectivity index is 2.46. The third-order valence-electron chi connectivity index (χ3n) is 1.79. The van der Waals surface area contributed by atoms with Crippen LogP contribution in [0.15, 0.2) is 24.4 Å². The Kier molecular flexibility index (Phi) is 1.73. The van der Waals surface area contributed by atoms with Crippen LogP contribution in [0.2, 0.25) is 0 Å². The van der Waals surface area contributed by atoms with Crippen LogP contribution in [0, 0.1) is 6.92 Å². The van der Waals surface area contributed by atoms with Crippen molar-refractivity contribution in [3.8, 4) is 11.3 Å². The van der Waals surface area contributed by atoms with Gasteiger partial charge in [0.25, 0.3) is 0 Å². The van der Waals surface area contributed by atoms with Crippen LogP contribution in [-0.2, 0) is 0 Å². The van der Waals surface area contributed by atoms with E-state index in [2.05, 4.69) is 15.2 Å². The number of nitrogens with zero attached hydrogens (tertiary/aromatic N) is 2. The molecule has 66 valence electrons. The SMILES string of the molecule is Cc1cc(-c2cc(N)[nH]n2)ccn1. The number of hydrogen-bond donors (Lipinski definition) is 2. The van der Waals surface area contributed by atoms with Gasteiger partial charge in [-0.2, -0.15) is 5.10 Å². The van der Waals surface area contributed by atoms with Gasteiger partial charge in [-0.25, -0.2) is 0 Å². The Labute approximate surface area is 75.8 Å². The van der Waals surface area contributed by atoms with Crippen molar-refractivity contribution in [3.63, 3.8) is 0 Å². The summed E-state index contributed by atoms with van der Waals surface area (Å²) >= 11 is 0. The van der Waals surface area contributed by atoms with Crippen molar-refractivity contribution in [2.24, 2.45) is 0 Å². The highest BCUT2D eigenvalue weighted by Crippen LogP contribution is 2.17. The summed E-state index contributed by atoms with van der Waals surface area (Å²) in [5, 5.41) is 6.74. The lowest BCUT2D eigenvalue weighted by atomic mass is 10.2. The van der Waals surface area contributed by atoms with Gasteiger partial charge >= 0.3 is 0 Å². The summed E-state index contributed by atoms with van der Waals surface area (Å²) in [5.41, 5.74) is 8.37. The molecule has 0 fully saturated rings. The first kappa shape index (κ1) is 7.79. The normalized spacial score (nSPS) is 10.2. The molecule has 0 saturated carbocycles. The Morgan fingerprint density at radius 2 is 2.23 bits per heavy atom. The first-order valence-corrected chi connectivity index (χ1v) is 3.99. The molecule has 0 radical (unpaired) electrons. The van der Waals surface area contributed by atoms with E-state index in [1.165, 1.54) is 0 Å². The topological polar surface area (TPSA) is 67.6 Å². The van der Waals surface area contributed by atoms with Crippen LogP contribution in [0.5, 0.6) is 0 Å². The van der Waals surface area contributed by atoms with Gasteiger partial charge in [-0.15, -0.1) is 0 Å². The van der Waals surface area contributed by atoms with Crippen LogP contribution in [0.1, 0.15) is 5.69 Å². The fourth-order valence-corrected chi connectivity index (χ4v) is 1.19. The van der Waals surface area contributed by atoms with Crippen LogP contribution >= 0.6 is 0 Å². The molecule has 0 aromatic carbocycles. The molecule has 2 heterocycles. The van der Waals surface area contributed by atoms with E-state index in [4.69, 9.17) is 5.73 Å². The van der Waals surface area contributed by atoms with E-state index in [1.807, 2.05) is 19.1 Å². The van der Waals surface area contributed by atoms with Crippen LogP contribution < -0.4 is 5.73 Å². The molecular formula is C9H10N4. The number of nitrogens with two attached hydrogens (primary N) is 1. The first-order valence-electron chi connectivity index (χ1n) is 3.99. The molecule has 0 spiro atoms. The summed E-state index contributed by atoms with van der Waals surface area (Å²) in [6.45, 7) is 1.94. The number of rotatable bonds is 1. The van der Waals surface area contributed by atoms with E-state index in [0.717, 1.165) is 17.0 Å². The number of anilines is 1. The summed E-state index contributed by atoms with van der Waals surface area (Å²) in [7, 11) is 0. The van der Waals surface area contributed by atoms with Crippen LogP contribution in [0.4, 0.5) is 5.82 Å². The molecule has 4 nitrogen and oxygen atoms in total. The second kappa shape index (κ2) is 2.90. The largest absolute Gasteiger partial charge is 0.384 e. The van der Waals surface area contributed by atoms with E-state index in [9.17, 15) is 0 Å². The van der Waals surface area contributed by atoms with Crippen molar-refractivity contribution in [2.45, 2.75) is 6.92 Å². The summed E-state index contributed by atoms with van der Waals surface area (Å²) in [6.07, 6.45) is 1.76. The third-order valence-corrected chi connectivity index (χ3v) is 1.79. The fourth-order valence-electron chi connectivity index (χ4n) is 1.19. The number of aryl methyl sites for hydroxylation is 1. The molecule has 13 heavy (non-hydrogen) atoms. The van der Waals surface area contributed by atoms with Gasteiger partial charge in [0.05, 0.1) is 5.69 Å². The van der Waals surface area contributed by atoms with Gasteiger partial charge in [0.15, 0.2) is 0 Å². The lowest BCUT2D eigenvalue weighted by Gasteiger charge is -1.95. The second-order valence-electron chi connectivity index (χ2n) is 2.89. The molecule has 0 aliphatic heterocycles. The van der Waals surface area contributed by atoms with Crippen molar-refractivity contribution in [1.82, 2.24) is 15.2 Å². The average molecular weight is 174 g/mol. The molecule has 4 heteroatoms. The predicted octanol–water partition coefficient (Wildman–Crippen LogP) is 1.36. The number of pyridine rings is 1. The standard InChI is InChI=1S/C9H10N4/c1-6-4-7(2-3-11-6)8-5-9(10)13-12-8/h2-5H,1H3,(H3,10,12,13). The number of aromatic amines is 1. The van der Waals surface area contributed by atoms with Gasteiger partial charge < -0.3 is 5.73 Å². The molecule has 0 aliphatic rings. The Morgan fingerprint density at radius 1 is 1.38 bits per heavy atom. The lowest BCUT2D eigenvalue weighted by molar-refractivity contribution is 1.10. The van der Waals surface area contributed by atoms with Gasteiger partial charge in [-0.3, -0.25) is 10.1 Å². The minimum atomic E-state index is 0.574. The number of nitrogen functional groups attached to an aromatic ring is 1. The number of nitrogens with one attached hydrogen (secondary N) is 1. The highest BCUT2D eigenvalue weighted by molar-refractivity contribution is 5.61. The Hall–Kier alpha value is -1.84. The maximum absolute atomic E-state index is 5.52. The molecule has 2 aromatic heterocycles. The van der Waals surface area contributed by atoms with Crippen LogP contribution in [0.25, 0.3) is 11.3 Å². The summed E-state index contributed by atoms with van der Waals surface area (Å²) in [6, 6.07) is 5.67. The van der Waals surface area contributed by atoms with Crippen molar-refractivity contribution in [2.75, 3.05) is 5.73 Å². The molecule has 0 saturated heterocycles. The lowest BCUT2D eigenvalue weighted by Crippen LogP contribution is -1.82. The van der Waals surface area contributed by atoms with E-state index in [1.54, 1.807) is 12.3 Å². The quantitative estimate of drug-likeness (QED) is 0.686. The number of H-pyrrole nitrogens is 1. The minimum absolute atomic E-state index is 0.574. The van der Waals surface area contributed by atoms with Crippen molar-refractivity contribution in [1.29, 1.82) is 0 Å². The van der Waals surface area contributed by atoms with Gasteiger partial charge in [-0.05, 0) is 19.1 Å². The summed E-state index contributed by atoms with van der Waals surface area (Å²) < 4.78 is 0. The smallest absolute Gasteiger partial charge is 0.119 e. The Bertz CT molecular complexity index is 419. The Morgan fingerprint density at radius 3 is 2.85 bits per heavy atom. The summed E-state index contributed by atoms with van der Waals surface area (Å²) in [4.78, 5) is 4.10. The zero-order valence-electron chi connectivity index (χ0n) is 7.28. The molecule has 2 rings (SSSR count). The van der Waals surface area contributed by atoms with E-state index in [0.29, 0.717) is 5.82 Å². The number of hydrogen-bond acceptors (Lipinski definition) is 3. The minimum Gasteiger partial charge on any atom is -0.384 e. The zero-order valence-corrected chi connectivity index (χ0v) is 7.28. The van der Waals surface area contributed by atoms with E-state index < -0.39 is 0 Å². The molecular weight excluding hydrogens is 164 g/mol.